The van der Waals surface area contributed by atoms with Crippen molar-refractivity contribution < 1.29 is 0 Å². The Labute approximate surface area is 118 Å². The summed E-state index contributed by atoms with van der Waals surface area (Å²) in [7, 11) is 4.34. The van der Waals surface area contributed by atoms with Crippen LogP contribution < -0.4 is 5.32 Å². The van der Waals surface area contributed by atoms with Gasteiger partial charge in [-0.2, -0.15) is 0 Å². The van der Waals surface area contributed by atoms with Crippen LogP contribution in [0.15, 0.2) is 24.3 Å². The monoisotopic (exact) mass is 260 g/mol. The van der Waals surface area contributed by atoms with E-state index in [9.17, 15) is 0 Å². The summed E-state index contributed by atoms with van der Waals surface area (Å²) in [4.78, 5) is 2.53. The average Bonchev–Trinajstić information content (AvgIpc) is 3.24. The van der Waals surface area contributed by atoms with Gasteiger partial charge in [0, 0.05) is 12.1 Å². The second-order valence-corrected chi connectivity index (χ2v) is 6.05. The zero-order valence-electron chi connectivity index (χ0n) is 12.8. The van der Waals surface area contributed by atoms with Gasteiger partial charge >= 0.3 is 0 Å². The van der Waals surface area contributed by atoms with Crippen molar-refractivity contribution in [3.05, 3.63) is 35.4 Å². The molecule has 2 rings (SSSR count). The average molecular weight is 260 g/mol. The minimum absolute atomic E-state index is 0.468. The van der Waals surface area contributed by atoms with Crippen LogP contribution >= 0.6 is 0 Å². The molecule has 106 valence electrons. The van der Waals surface area contributed by atoms with Crippen molar-refractivity contribution in [2.24, 2.45) is 5.92 Å². The first-order valence-corrected chi connectivity index (χ1v) is 7.56. The summed E-state index contributed by atoms with van der Waals surface area (Å²) < 4.78 is 0. The molecule has 2 unspecified atom stereocenters. The molecule has 1 fully saturated rings. The van der Waals surface area contributed by atoms with Gasteiger partial charge in [0.15, 0.2) is 0 Å². The van der Waals surface area contributed by atoms with Crippen molar-refractivity contribution in [1.82, 2.24) is 10.2 Å². The van der Waals surface area contributed by atoms with E-state index in [1.807, 2.05) is 0 Å². The molecule has 2 atom stereocenters. The normalized spacial score (nSPS) is 18.6. The van der Waals surface area contributed by atoms with Crippen LogP contribution in [0.25, 0.3) is 0 Å². The van der Waals surface area contributed by atoms with Crippen LogP contribution in [0.1, 0.15) is 43.4 Å². The van der Waals surface area contributed by atoms with Gasteiger partial charge in [-0.05, 0) is 70.8 Å². The molecule has 2 nitrogen and oxygen atoms in total. The molecule has 1 saturated carbocycles. The van der Waals surface area contributed by atoms with Crippen LogP contribution in [-0.2, 0) is 0 Å². The number of rotatable bonds is 7. The zero-order valence-corrected chi connectivity index (χ0v) is 12.8. The molecule has 2 heteroatoms. The lowest BCUT2D eigenvalue weighted by Crippen LogP contribution is -2.33. The second kappa shape index (κ2) is 6.53. The Hall–Kier alpha value is -0.860. The Kier molecular flexibility index (Phi) is 5.00. The highest BCUT2D eigenvalue weighted by atomic mass is 15.1. The highest BCUT2D eigenvalue weighted by Gasteiger charge is 2.30. The molecule has 0 radical (unpaired) electrons. The summed E-state index contributed by atoms with van der Waals surface area (Å²) >= 11 is 0. The molecule has 0 saturated heterocycles. The fraction of sp³-hybridized carbons (Fsp3) is 0.647. The predicted molar refractivity (Wildman–Crippen MR) is 82.4 cm³/mol. The molecule has 0 heterocycles. The van der Waals surface area contributed by atoms with Crippen molar-refractivity contribution in [3.8, 4) is 0 Å². The number of nitrogens with zero attached hydrogens (tertiary/aromatic N) is 1. The van der Waals surface area contributed by atoms with E-state index >= 15 is 0 Å². The van der Waals surface area contributed by atoms with Gasteiger partial charge in [-0.15, -0.1) is 0 Å². The summed E-state index contributed by atoms with van der Waals surface area (Å²) in [5, 5.41) is 3.47. The van der Waals surface area contributed by atoms with Gasteiger partial charge in [0.1, 0.15) is 0 Å². The van der Waals surface area contributed by atoms with Crippen molar-refractivity contribution in [3.63, 3.8) is 0 Å². The SMILES string of the molecule is CNC(CCN(C)C(C)C1CC1)c1ccccc1C. The molecular weight excluding hydrogens is 232 g/mol. The fourth-order valence-corrected chi connectivity index (χ4v) is 2.91. The first kappa shape index (κ1) is 14.5. The van der Waals surface area contributed by atoms with E-state index in [2.05, 4.69) is 62.4 Å². The Bertz CT molecular complexity index is 398. The molecule has 1 aliphatic rings. The highest BCUT2D eigenvalue weighted by Crippen LogP contribution is 2.35. The Balaban J connectivity index is 1.90. The van der Waals surface area contributed by atoms with Crippen LogP contribution in [-0.4, -0.2) is 31.6 Å². The summed E-state index contributed by atoms with van der Waals surface area (Å²) in [5.74, 6) is 0.955. The smallest absolute Gasteiger partial charge is 0.0332 e. The molecule has 1 aromatic rings. The lowest BCUT2D eigenvalue weighted by atomic mass is 9.98. The first-order valence-electron chi connectivity index (χ1n) is 7.56. The van der Waals surface area contributed by atoms with Crippen LogP contribution in [0, 0.1) is 12.8 Å². The second-order valence-electron chi connectivity index (χ2n) is 6.05. The molecule has 1 aromatic carbocycles. The van der Waals surface area contributed by atoms with Gasteiger partial charge in [-0.3, -0.25) is 0 Å². The van der Waals surface area contributed by atoms with Crippen molar-refractivity contribution in [2.45, 2.75) is 45.2 Å². The Morgan fingerprint density at radius 3 is 2.58 bits per heavy atom. The quantitative estimate of drug-likeness (QED) is 0.808. The van der Waals surface area contributed by atoms with Crippen LogP contribution in [0.3, 0.4) is 0 Å². The fourth-order valence-electron chi connectivity index (χ4n) is 2.91. The van der Waals surface area contributed by atoms with Gasteiger partial charge in [0.25, 0.3) is 0 Å². The van der Waals surface area contributed by atoms with E-state index in [4.69, 9.17) is 0 Å². The summed E-state index contributed by atoms with van der Waals surface area (Å²) in [5.41, 5.74) is 2.83. The molecule has 0 aromatic heterocycles. The highest BCUT2D eigenvalue weighted by molar-refractivity contribution is 5.28. The maximum Gasteiger partial charge on any atom is 0.0332 e. The summed E-state index contributed by atoms with van der Waals surface area (Å²) in [6.07, 6.45) is 4.03. The molecule has 0 bridgehead atoms. The molecule has 1 aliphatic carbocycles. The zero-order chi connectivity index (χ0) is 13.8. The van der Waals surface area contributed by atoms with E-state index in [1.165, 1.54) is 30.4 Å². The number of aryl methyl sites for hydroxylation is 1. The molecule has 0 amide bonds. The van der Waals surface area contributed by atoms with E-state index in [1.54, 1.807) is 0 Å². The van der Waals surface area contributed by atoms with E-state index in [0.717, 1.165) is 18.5 Å². The van der Waals surface area contributed by atoms with Crippen LogP contribution in [0.5, 0.6) is 0 Å². The number of benzene rings is 1. The van der Waals surface area contributed by atoms with E-state index in [0.29, 0.717) is 6.04 Å². The lowest BCUT2D eigenvalue weighted by Gasteiger charge is -2.27. The van der Waals surface area contributed by atoms with Gasteiger partial charge < -0.3 is 10.2 Å². The van der Waals surface area contributed by atoms with E-state index in [-0.39, 0.29) is 0 Å². The number of hydrogen-bond acceptors (Lipinski definition) is 2. The van der Waals surface area contributed by atoms with Gasteiger partial charge in [0.2, 0.25) is 0 Å². The minimum atomic E-state index is 0.468. The molecule has 0 aliphatic heterocycles. The molecule has 0 spiro atoms. The predicted octanol–water partition coefficient (Wildman–Crippen LogP) is 3.38. The van der Waals surface area contributed by atoms with E-state index < -0.39 is 0 Å². The number of hydrogen-bond donors (Lipinski definition) is 1. The van der Waals surface area contributed by atoms with Crippen LogP contribution in [0.4, 0.5) is 0 Å². The standard InChI is InChI=1S/C17H28N2/c1-13-7-5-6-8-16(13)17(18-3)11-12-19(4)14(2)15-9-10-15/h5-8,14-15,17-18H,9-12H2,1-4H3. The van der Waals surface area contributed by atoms with Crippen molar-refractivity contribution >= 4 is 0 Å². The van der Waals surface area contributed by atoms with Gasteiger partial charge in [0.05, 0.1) is 0 Å². The van der Waals surface area contributed by atoms with Gasteiger partial charge in [-0.1, -0.05) is 24.3 Å². The van der Waals surface area contributed by atoms with Crippen molar-refractivity contribution in [2.75, 3.05) is 20.6 Å². The maximum absolute atomic E-state index is 3.47. The Morgan fingerprint density at radius 1 is 1.32 bits per heavy atom. The van der Waals surface area contributed by atoms with Crippen LogP contribution in [0.2, 0.25) is 0 Å². The third kappa shape index (κ3) is 3.80. The topological polar surface area (TPSA) is 15.3 Å². The minimum Gasteiger partial charge on any atom is -0.313 e. The molecule has 1 N–H and O–H groups in total. The molecule has 19 heavy (non-hydrogen) atoms. The summed E-state index contributed by atoms with van der Waals surface area (Å²) in [6, 6.07) is 9.93. The third-order valence-corrected chi connectivity index (χ3v) is 4.68. The molecular formula is C17H28N2. The number of nitrogens with one attached hydrogen (secondary N) is 1. The first-order chi connectivity index (χ1) is 9.13. The van der Waals surface area contributed by atoms with Crippen molar-refractivity contribution in [1.29, 1.82) is 0 Å². The summed E-state index contributed by atoms with van der Waals surface area (Å²) in [6.45, 7) is 5.74. The maximum atomic E-state index is 3.47. The Morgan fingerprint density at radius 2 is 2.00 bits per heavy atom. The third-order valence-electron chi connectivity index (χ3n) is 4.68. The largest absolute Gasteiger partial charge is 0.313 e. The van der Waals surface area contributed by atoms with Gasteiger partial charge in [-0.25, -0.2) is 0 Å². The lowest BCUT2D eigenvalue weighted by molar-refractivity contribution is 0.223.